The smallest absolute Gasteiger partial charge is 0.341 e. The molecule has 0 amide bonds. The number of halogens is 1. The van der Waals surface area contributed by atoms with E-state index >= 15 is 0 Å². The van der Waals surface area contributed by atoms with Crippen molar-refractivity contribution in [3.05, 3.63) is 50.8 Å². The summed E-state index contributed by atoms with van der Waals surface area (Å²) in [4.78, 5) is 23.6. The van der Waals surface area contributed by atoms with Crippen molar-refractivity contribution in [2.45, 2.75) is 26.8 Å². The molecule has 0 radical (unpaired) electrons. The quantitative estimate of drug-likeness (QED) is 0.898. The first-order valence-corrected chi connectivity index (χ1v) is 8.10. The van der Waals surface area contributed by atoms with Crippen LogP contribution in [0.5, 0.6) is 5.75 Å². The van der Waals surface area contributed by atoms with Crippen LogP contribution < -0.4 is 10.2 Å². The maximum absolute atomic E-state index is 12.2. The first kappa shape index (κ1) is 16.6. The van der Waals surface area contributed by atoms with E-state index in [4.69, 9.17) is 16.3 Å². The van der Waals surface area contributed by atoms with Gasteiger partial charge >= 0.3 is 5.97 Å². The summed E-state index contributed by atoms with van der Waals surface area (Å²) in [6.45, 7) is 6.34. The molecule has 2 aromatic rings. The van der Waals surface area contributed by atoms with Crippen LogP contribution in [0.1, 0.15) is 35.8 Å². The Hall–Kier alpha value is -2.27. The van der Waals surface area contributed by atoms with E-state index in [9.17, 15) is 14.7 Å². The van der Waals surface area contributed by atoms with Crippen LogP contribution >= 0.6 is 11.6 Å². The Morgan fingerprint density at radius 1 is 1.38 bits per heavy atom. The minimum Gasteiger partial charge on any atom is -0.491 e. The summed E-state index contributed by atoms with van der Waals surface area (Å²) >= 11 is 6.25. The van der Waals surface area contributed by atoms with Gasteiger partial charge in [0.15, 0.2) is 5.43 Å². The molecule has 5 nitrogen and oxygen atoms in total. The minimum atomic E-state index is -1.23. The maximum atomic E-state index is 12.2. The van der Waals surface area contributed by atoms with Gasteiger partial charge in [0.1, 0.15) is 17.9 Å². The van der Waals surface area contributed by atoms with Gasteiger partial charge in [0, 0.05) is 22.8 Å². The van der Waals surface area contributed by atoms with E-state index in [2.05, 4.69) is 0 Å². The lowest BCUT2D eigenvalue weighted by Crippen LogP contribution is -2.25. The van der Waals surface area contributed by atoms with Crippen molar-refractivity contribution >= 4 is 17.6 Å². The predicted octanol–water partition coefficient (Wildman–Crippen LogP) is 3.76. The van der Waals surface area contributed by atoms with Crippen LogP contribution in [-0.2, 0) is 0 Å². The van der Waals surface area contributed by atoms with Gasteiger partial charge in [-0.2, -0.15) is 0 Å². The number of hydrogen-bond acceptors (Lipinski definition) is 3. The lowest BCUT2D eigenvalue weighted by molar-refractivity contribution is 0.0694. The largest absolute Gasteiger partial charge is 0.491 e. The fourth-order valence-corrected chi connectivity index (χ4v) is 3.11. The van der Waals surface area contributed by atoms with Gasteiger partial charge < -0.3 is 14.4 Å². The maximum Gasteiger partial charge on any atom is 0.341 e. The molecule has 1 aromatic heterocycles. The summed E-state index contributed by atoms with van der Waals surface area (Å²) in [7, 11) is 0. The fourth-order valence-electron chi connectivity index (χ4n) is 2.94. The molecule has 6 heteroatoms. The average Bonchev–Trinajstić information content (AvgIpc) is 2.64. The highest BCUT2D eigenvalue weighted by Gasteiger charge is 2.27. The number of nitrogens with zero attached hydrogens (tertiary/aromatic N) is 1. The van der Waals surface area contributed by atoms with Gasteiger partial charge in [-0.05, 0) is 30.5 Å². The van der Waals surface area contributed by atoms with Crippen LogP contribution in [-0.4, -0.2) is 22.2 Å². The van der Waals surface area contributed by atoms with E-state index in [1.165, 1.54) is 12.3 Å². The number of carbonyl (C=O) groups is 1. The number of rotatable bonds is 2. The Morgan fingerprint density at radius 2 is 2.08 bits per heavy atom. The van der Waals surface area contributed by atoms with Crippen LogP contribution in [0.3, 0.4) is 0 Å². The molecule has 1 N–H and O–H groups in total. The number of hydrogen-bond donors (Lipinski definition) is 1. The number of aryl methyl sites for hydroxylation is 1. The zero-order chi connectivity index (χ0) is 17.6. The highest BCUT2D eigenvalue weighted by molar-refractivity contribution is 6.31. The molecule has 0 unspecified atom stereocenters. The van der Waals surface area contributed by atoms with Crippen molar-refractivity contribution in [3.8, 4) is 17.0 Å². The summed E-state index contributed by atoms with van der Waals surface area (Å²) < 4.78 is 7.78. The number of ether oxygens (including phenoxy) is 1. The van der Waals surface area contributed by atoms with Crippen LogP contribution in [0.15, 0.2) is 29.2 Å². The predicted molar refractivity (Wildman–Crippen MR) is 92.2 cm³/mol. The Bertz CT molecular complexity index is 885. The monoisotopic (exact) mass is 347 g/mol. The molecule has 0 saturated carbocycles. The second-order valence-electron chi connectivity index (χ2n) is 6.37. The number of pyridine rings is 1. The third-order valence-corrected chi connectivity index (χ3v) is 4.79. The van der Waals surface area contributed by atoms with Crippen molar-refractivity contribution < 1.29 is 14.6 Å². The number of carboxylic acid groups (broad SMARTS) is 1. The Labute approximate surface area is 144 Å². The molecule has 1 atom stereocenters. The summed E-state index contributed by atoms with van der Waals surface area (Å²) in [6.07, 6.45) is 1.41. The van der Waals surface area contributed by atoms with E-state index < -0.39 is 11.4 Å². The molecule has 24 heavy (non-hydrogen) atoms. The molecule has 1 aromatic carbocycles. The normalized spacial score (nSPS) is 16.1. The molecule has 1 aliphatic rings. The highest BCUT2D eigenvalue weighted by atomic mass is 35.5. The van der Waals surface area contributed by atoms with Crippen LogP contribution in [0.25, 0.3) is 11.3 Å². The van der Waals surface area contributed by atoms with E-state index in [1.54, 1.807) is 6.07 Å². The summed E-state index contributed by atoms with van der Waals surface area (Å²) in [5, 5.41) is 9.84. The summed E-state index contributed by atoms with van der Waals surface area (Å²) in [5.41, 5.74) is 1.43. The number of aromatic carboxylic acids is 1. The van der Waals surface area contributed by atoms with Crippen molar-refractivity contribution in [2.24, 2.45) is 5.92 Å². The highest BCUT2D eigenvalue weighted by Crippen LogP contribution is 2.39. The third kappa shape index (κ3) is 2.69. The molecular weight excluding hydrogens is 330 g/mol. The van der Waals surface area contributed by atoms with Gasteiger partial charge in [-0.3, -0.25) is 4.79 Å². The molecular formula is C18H18ClNO4. The number of carboxylic acids is 1. The zero-order valence-corrected chi connectivity index (χ0v) is 14.4. The van der Waals surface area contributed by atoms with Crippen LogP contribution in [0.2, 0.25) is 5.02 Å². The van der Waals surface area contributed by atoms with Gasteiger partial charge in [0.05, 0.1) is 11.7 Å². The lowest BCUT2D eigenvalue weighted by atomic mass is 10.0. The van der Waals surface area contributed by atoms with E-state index in [0.717, 1.165) is 5.56 Å². The first-order chi connectivity index (χ1) is 11.3. The van der Waals surface area contributed by atoms with Crippen molar-refractivity contribution in [2.75, 3.05) is 6.61 Å². The lowest BCUT2D eigenvalue weighted by Gasteiger charge is -2.24. The first-order valence-electron chi connectivity index (χ1n) is 7.72. The molecule has 0 aliphatic carbocycles. The Morgan fingerprint density at radius 3 is 2.71 bits per heavy atom. The molecule has 0 bridgehead atoms. The molecule has 1 aliphatic heterocycles. The Kier molecular flexibility index (Phi) is 4.13. The van der Waals surface area contributed by atoms with E-state index in [-0.39, 0.29) is 17.5 Å². The van der Waals surface area contributed by atoms with Gasteiger partial charge in [0.2, 0.25) is 0 Å². The number of fused-ring (bicyclic) bond motifs is 3. The van der Waals surface area contributed by atoms with Gasteiger partial charge in [0.25, 0.3) is 0 Å². The van der Waals surface area contributed by atoms with Crippen molar-refractivity contribution in [1.82, 2.24) is 4.57 Å². The average molecular weight is 348 g/mol. The third-order valence-electron chi connectivity index (χ3n) is 4.38. The molecule has 3 rings (SSSR count). The molecule has 0 saturated heterocycles. The standard InChI is InChI=1S/C18H18ClNO4/c1-9(2)15-8-24-17-4-10(3)13(19)5-11(17)14-6-16(21)12(18(22)23)7-20(14)15/h4-7,9,15H,8H2,1-3H3,(H,22,23)/t15-/m0/s1. The summed E-state index contributed by atoms with van der Waals surface area (Å²) in [5.74, 6) is -0.389. The fraction of sp³-hybridized carbons (Fsp3) is 0.333. The van der Waals surface area contributed by atoms with Gasteiger partial charge in [-0.1, -0.05) is 25.4 Å². The topological polar surface area (TPSA) is 68.5 Å². The SMILES string of the molecule is Cc1cc2c(cc1Cl)-c1cc(=O)c(C(=O)O)cn1[C@H](C(C)C)CO2. The second-order valence-corrected chi connectivity index (χ2v) is 6.78. The van der Waals surface area contributed by atoms with Crippen molar-refractivity contribution in [1.29, 1.82) is 0 Å². The van der Waals surface area contributed by atoms with E-state index in [0.29, 0.717) is 28.6 Å². The second kappa shape index (κ2) is 5.98. The number of aromatic nitrogens is 1. The molecule has 0 spiro atoms. The van der Waals surface area contributed by atoms with Gasteiger partial charge in [-0.15, -0.1) is 0 Å². The number of benzene rings is 1. The van der Waals surface area contributed by atoms with Crippen LogP contribution in [0, 0.1) is 12.8 Å². The minimum absolute atomic E-state index is 0.0924. The zero-order valence-electron chi connectivity index (χ0n) is 13.7. The van der Waals surface area contributed by atoms with E-state index in [1.807, 2.05) is 31.4 Å². The van der Waals surface area contributed by atoms with Crippen LogP contribution in [0.4, 0.5) is 0 Å². The molecule has 126 valence electrons. The molecule has 0 fully saturated rings. The van der Waals surface area contributed by atoms with Gasteiger partial charge in [-0.25, -0.2) is 4.79 Å². The Balaban J connectivity index is 2.35. The summed E-state index contributed by atoms with van der Waals surface area (Å²) in [6, 6.07) is 4.88. The van der Waals surface area contributed by atoms with Crippen molar-refractivity contribution in [3.63, 3.8) is 0 Å². The molecule has 2 heterocycles.